The van der Waals surface area contributed by atoms with Crippen LogP contribution >= 0.6 is 0 Å². The molecular weight excluding hydrogens is 216 g/mol. The third-order valence-electron chi connectivity index (χ3n) is 3.12. The predicted molar refractivity (Wildman–Crippen MR) is 64.7 cm³/mol. The molecule has 0 bridgehead atoms. The van der Waals surface area contributed by atoms with Gasteiger partial charge in [-0.05, 0) is 25.0 Å². The molecule has 17 heavy (non-hydrogen) atoms. The lowest BCUT2D eigenvalue weighted by Crippen LogP contribution is -2.28. The number of ether oxygens (including phenoxy) is 1. The van der Waals surface area contributed by atoms with E-state index in [1.807, 2.05) is 23.1 Å². The number of amides is 1. The SMILES string of the molecule is COCCCN1CCC(c2ccccn2)C1=O. The van der Waals surface area contributed by atoms with Gasteiger partial charge in [0.15, 0.2) is 0 Å². The first kappa shape index (κ1) is 12.0. The Balaban J connectivity index is 1.94. The van der Waals surface area contributed by atoms with Crippen LogP contribution in [0.2, 0.25) is 0 Å². The fourth-order valence-corrected chi connectivity index (χ4v) is 2.22. The zero-order chi connectivity index (χ0) is 12.1. The lowest BCUT2D eigenvalue weighted by molar-refractivity contribution is -0.129. The van der Waals surface area contributed by atoms with Gasteiger partial charge < -0.3 is 9.64 Å². The van der Waals surface area contributed by atoms with E-state index in [9.17, 15) is 4.79 Å². The second-order valence-corrected chi connectivity index (χ2v) is 4.27. The molecule has 1 fully saturated rings. The van der Waals surface area contributed by atoms with E-state index < -0.39 is 0 Å². The van der Waals surface area contributed by atoms with E-state index in [4.69, 9.17) is 4.74 Å². The molecule has 2 heterocycles. The van der Waals surface area contributed by atoms with Crippen LogP contribution in [0.15, 0.2) is 24.4 Å². The Bertz CT molecular complexity index is 367. The Kier molecular flexibility index (Phi) is 4.09. The number of nitrogens with zero attached hydrogens (tertiary/aromatic N) is 2. The Labute approximate surface area is 102 Å². The summed E-state index contributed by atoms with van der Waals surface area (Å²) in [5.41, 5.74) is 0.895. The highest BCUT2D eigenvalue weighted by Gasteiger charge is 2.32. The molecule has 1 unspecified atom stereocenters. The average molecular weight is 234 g/mol. The van der Waals surface area contributed by atoms with Gasteiger partial charge in [-0.15, -0.1) is 0 Å². The van der Waals surface area contributed by atoms with Crippen LogP contribution in [0.3, 0.4) is 0 Å². The number of pyridine rings is 1. The summed E-state index contributed by atoms with van der Waals surface area (Å²) in [5, 5.41) is 0. The smallest absolute Gasteiger partial charge is 0.231 e. The standard InChI is InChI=1S/C13H18N2O2/c1-17-10-4-8-15-9-6-11(13(15)16)12-5-2-3-7-14-12/h2-3,5,7,11H,4,6,8-10H2,1H3. The van der Waals surface area contributed by atoms with Crippen LogP contribution in [0.1, 0.15) is 24.5 Å². The summed E-state index contributed by atoms with van der Waals surface area (Å²) in [6.07, 6.45) is 3.52. The molecule has 4 nitrogen and oxygen atoms in total. The van der Waals surface area contributed by atoms with Gasteiger partial charge in [-0.25, -0.2) is 0 Å². The molecule has 0 radical (unpaired) electrons. The first-order valence-corrected chi connectivity index (χ1v) is 6.01. The second kappa shape index (κ2) is 5.77. The van der Waals surface area contributed by atoms with E-state index in [0.717, 1.165) is 31.6 Å². The number of rotatable bonds is 5. The van der Waals surface area contributed by atoms with E-state index in [0.29, 0.717) is 6.61 Å². The van der Waals surface area contributed by atoms with Crippen LogP contribution in [0.25, 0.3) is 0 Å². The minimum Gasteiger partial charge on any atom is -0.385 e. The lowest BCUT2D eigenvalue weighted by atomic mass is 10.0. The van der Waals surface area contributed by atoms with Gasteiger partial charge in [0.2, 0.25) is 5.91 Å². The Morgan fingerprint density at radius 3 is 3.12 bits per heavy atom. The highest BCUT2D eigenvalue weighted by atomic mass is 16.5. The number of aromatic nitrogens is 1. The fourth-order valence-electron chi connectivity index (χ4n) is 2.22. The molecule has 0 saturated carbocycles. The second-order valence-electron chi connectivity index (χ2n) is 4.27. The molecular formula is C13H18N2O2. The van der Waals surface area contributed by atoms with Gasteiger partial charge in [0.1, 0.15) is 0 Å². The number of carbonyl (C=O) groups excluding carboxylic acids is 1. The van der Waals surface area contributed by atoms with Crippen molar-refractivity contribution in [2.45, 2.75) is 18.8 Å². The number of methoxy groups -OCH3 is 1. The van der Waals surface area contributed by atoms with Crippen molar-refractivity contribution in [2.75, 3.05) is 26.8 Å². The maximum atomic E-state index is 12.1. The highest BCUT2D eigenvalue weighted by Crippen LogP contribution is 2.26. The maximum absolute atomic E-state index is 12.1. The van der Waals surface area contributed by atoms with Gasteiger partial charge >= 0.3 is 0 Å². The molecule has 1 atom stereocenters. The molecule has 1 aliphatic heterocycles. The monoisotopic (exact) mass is 234 g/mol. The minimum absolute atomic E-state index is 0.0428. The van der Waals surface area contributed by atoms with Crippen molar-refractivity contribution in [1.29, 1.82) is 0 Å². The van der Waals surface area contributed by atoms with E-state index in [1.54, 1.807) is 13.3 Å². The Hall–Kier alpha value is -1.42. The first-order valence-electron chi connectivity index (χ1n) is 6.01. The quantitative estimate of drug-likeness (QED) is 0.724. The molecule has 92 valence electrons. The average Bonchev–Trinajstić information content (AvgIpc) is 2.73. The fraction of sp³-hybridized carbons (Fsp3) is 0.538. The predicted octanol–water partition coefficient (Wildman–Crippen LogP) is 1.43. The van der Waals surface area contributed by atoms with E-state index in [2.05, 4.69) is 4.98 Å². The molecule has 0 aliphatic carbocycles. The summed E-state index contributed by atoms with van der Waals surface area (Å²) in [6.45, 7) is 2.33. The molecule has 1 amide bonds. The largest absolute Gasteiger partial charge is 0.385 e. The molecule has 1 saturated heterocycles. The summed E-state index contributed by atoms with van der Waals surface area (Å²) < 4.78 is 5.00. The topological polar surface area (TPSA) is 42.4 Å². The van der Waals surface area contributed by atoms with E-state index in [-0.39, 0.29) is 11.8 Å². The molecule has 1 aromatic rings. The van der Waals surface area contributed by atoms with Gasteiger partial charge in [-0.2, -0.15) is 0 Å². The van der Waals surface area contributed by atoms with Crippen molar-refractivity contribution in [1.82, 2.24) is 9.88 Å². The zero-order valence-corrected chi connectivity index (χ0v) is 10.1. The van der Waals surface area contributed by atoms with Crippen LogP contribution in [-0.2, 0) is 9.53 Å². The van der Waals surface area contributed by atoms with Crippen molar-refractivity contribution >= 4 is 5.91 Å². The van der Waals surface area contributed by atoms with Crippen LogP contribution < -0.4 is 0 Å². The van der Waals surface area contributed by atoms with Crippen molar-refractivity contribution in [2.24, 2.45) is 0 Å². The van der Waals surface area contributed by atoms with Crippen molar-refractivity contribution in [3.05, 3.63) is 30.1 Å². The molecule has 4 heteroatoms. The van der Waals surface area contributed by atoms with Gasteiger partial charge in [0.25, 0.3) is 0 Å². The summed E-state index contributed by atoms with van der Waals surface area (Å²) in [7, 11) is 1.68. The summed E-state index contributed by atoms with van der Waals surface area (Å²) in [4.78, 5) is 18.3. The van der Waals surface area contributed by atoms with Crippen LogP contribution in [0.5, 0.6) is 0 Å². The normalized spacial score (nSPS) is 19.9. The van der Waals surface area contributed by atoms with Crippen LogP contribution in [0, 0.1) is 0 Å². The third-order valence-corrected chi connectivity index (χ3v) is 3.12. The molecule has 0 spiro atoms. The van der Waals surface area contributed by atoms with Gasteiger partial charge in [-0.1, -0.05) is 6.07 Å². The summed E-state index contributed by atoms with van der Waals surface area (Å²) >= 11 is 0. The molecule has 1 aromatic heterocycles. The number of hydrogen-bond acceptors (Lipinski definition) is 3. The first-order chi connectivity index (χ1) is 8.33. The Morgan fingerprint density at radius 2 is 2.41 bits per heavy atom. The number of hydrogen-bond donors (Lipinski definition) is 0. The van der Waals surface area contributed by atoms with Crippen LogP contribution in [0.4, 0.5) is 0 Å². The summed E-state index contributed by atoms with van der Waals surface area (Å²) in [6, 6.07) is 5.74. The van der Waals surface area contributed by atoms with Gasteiger partial charge in [-0.3, -0.25) is 9.78 Å². The van der Waals surface area contributed by atoms with E-state index >= 15 is 0 Å². The van der Waals surface area contributed by atoms with Gasteiger partial charge in [0.05, 0.1) is 11.6 Å². The van der Waals surface area contributed by atoms with Crippen LogP contribution in [-0.4, -0.2) is 42.6 Å². The molecule has 0 aromatic carbocycles. The van der Waals surface area contributed by atoms with Crippen molar-refractivity contribution < 1.29 is 9.53 Å². The van der Waals surface area contributed by atoms with Crippen molar-refractivity contribution in [3.63, 3.8) is 0 Å². The van der Waals surface area contributed by atoms with Crippen molar-refractivity contribution in [3.8, 4) is 0 Å². The molecule has 2 rings (SSSR count). The van der Waals surface area contributed by atoms with E-state index in [1.165, 1.54) is 0 Å². The lowest BCUT2D eigenvalue weighted by Gasteiger charge is -2.16. The summed E-state index contributed by atoms with van der Waals surface area (Å²) in [5.74, 6) is 0.165. The van der Waals surface area contributed by atoms with Gasteiger partial charge in [0, 0.05) is 33.0 Å². The maximum Gasteiger partial charge on any atom is 0.231 e. The third kappa shape index (κ3) is 2.82. The minimum atomic E-state index is -0.0428. The number of likely N-dealkylation sites (tertiary alicyclic amines) is 1. The highest BCUT2D eigenvalue weighted by molar-refractivity contribution is 5.85. The Morgan fingerprint density at radius 1 is 1.53 bits per heavy atom. The molecule has 0 N–H and O–H groups in total. The molecule has 1 aliphatic rings. The number of carbonyl (C=O) groups is 1. The zero-order valence-electron chi connectivity index (χ0n) is 10.1.